The molecule has 0 radical (unpaired) electrons. The molecule has 0 amide bonds. The Bertz CT molecular complexity index is 653. The van der Waals surface area contributed by atoms with E-state index in [0.717, 1.165) is 0 Å². The number of benzene rings is 2. The molecule has 0 saturated carbocycles. The van der Waals surface area contributed by atoms with E-state index in [1.165, 1.54) is 28.6 Å². The third-order valence-electron chi connectivity index (χ3n) is 2.74. The van der Waals surface area contributed by atoms with Gasteiger partial charge < -0.3 is 5.11 Å². The number of phenols is 1. The number of rotatable bonds is 4. The molecule has 0 fully saturated rings. The highest BCUT2D eigenvalue weighted by Gasteiger charge is 2.23. The predicted molar refractivity (Wildman–Crippen MR) is 74.8 cm³/mol. The molecule has 2 rings (SSSR count). The summed E-state index contributed by atoms with van der Waals surface area (Å²) in [7, 11) is -3.65. The van der Waals surface area contributed by atoms with Gasteiger partial charge in [-0.25, -0.2) is 8.42 Å². The average Bonchev–Trinajstić information content (AvgIpc) is 2.40. The van der Waals surface area contributed by atoms with Gasteiger partial charge in [-0.3, -0.25) is 4.31 Å². The highest BCUT2D eigenvalue weighted by atomic mass is 32.2. The monoisotopic (exact) mass is 277 g/mol. The number of hydrogen-bond donors (Lipinski definition) is 1. The predicted octanol–water partition coefficient (Wildman–Crippen LogP) is 2.61. The molecule has 0 bridgehead atoms. The quantitative estimate of drug-likeness (QED) is 0.934. The Morgan fingerprint density at radius 1 is 1.05 bits per heavy atom. The standard InChI is InChI=1S/C14H15NO3S/c1-2-15(12-7-4-3-5-8-12)19(17,18)14-10-6-9-13(16)11-14/h3-11,16H,2H2,1H3. The van der Waals surface area contributed by atoms with Crippen molar-refractivity contribution in [2.75, 3.05) is 10.8 Å². The van der Waals surface area contributed by atoms with E-state index in [4.69, 9.17) is 0 Å². The summed E-state index contributed by atoms with van der Waals surface area (Å²) in [6.07, 6.45) is 0. The number of anilines is 1. The summed E-state index contributed by atoms with van der Waals surface area (Å²) in [6, 6.07) is 14.6. The normalized spacial score (nSPS) is 11.2. The lowest BCUT2D eigenvalue weighted by Crippen LogP contribution is -2.30. The first-order chi connectivity index (χ1) is 9.05. The summed E-state index contributed by atoms with van der Waals surface area (Å²) >= 11 is 0. The van der Waals surface area contributed by atoms with Crippen molar-refractivity contribution in [2.45, 2.75) is 11.8 Å². The lowest BCUT2D eigenvalue weighted by atomic mass is 10.3. The van der Waals surface area contributed by atoms with Crippen molar-refractivity contribution in [3.05, 3.63) is 54.6 Å². The Balaban J connectivity index is 2.48. The number of aromatic hydroxyl groups is 1. The molecule has 0 atom stereocenters. The number of phenolic OH excluding ortho intramolecular Hbond substituents is 1. The van der Waals surface area contributed by atoms with Crippen LogP contribution in [0.15, 0.2) is 59.5 Å². The first-order valence-electron chi connectivity index (χ1n) is 5.92. The van der Waals surface area contributed by atoms with Gasteiger partial charge in [0.15, 0.2) is 0 Å². The van der Waals surface area contributed by atoms with Crippen molar-refractivity contribution in [1.82, 2.24) is 0 Å². The molecular weight excluding hydrogens is 262 g/mol. The molecule has 0 saturated heterocycles. The highest BCUT2D eigenvalue weighted by molar-refractivity contribution is 7.92. The second-order valence-corrected chi connectivity index (χ2v) is 5.87. The fourth-order valence-electron chi connectivity index (χ4n) is 1.86. The van der Waals surface area contributed by atoms with Crippen LogP contribution in [-0.2, 0) is 10.0 Å². The first kappa shape index (κ1) is 13.4. The molecule has 2 aromatic rings. The van der Waals surface area contributed by atoms with Crippen molar-refractivity contribution in [1.29, 1.82) is 0 Å². The van der Waals surface area contributed by atoms with Gasteiger partial charge in [-0.2, -0.15) is 0 Å². The molecule has 0 spiro atoms. The lowest BCUT2D eigenvalue weighted by molar-refractivity contribution is 0.473. The molecule has 0 aliphatic carbocycles. The minimum atomic E-state index is -3.65. The lowest BCUT2D eigenvalue weighted by Gasteiger charge is -2.22. The molecule has 0 aromatic heterocycles. The van der Waals surface area contributed by atoms with Gasteiger partial charge in [0.05, 0.1) is 10.6 Å². The van der Waals surface area contributed by atoms with Crippen molar-refractivity contribution < 1.29 is 13.5 Å². The topological polar surface area (TPSA) is 57.6 Å². The second kappa shape index (κ2) is 5.32. The Morgan fingerprint density at radius 2 is 1.74 bits per heavy atom. The van der Waals surface area contributed by atoms with Crippen LogP contribution in [0.5, 0.6) is 5.75 Å². The highest BCUT2D eigenvalue weighted by Crippen LogP contribution is 2.24. The summed E-state index contributed by atoms with van der Waals surface area (Å²) in [5.41, 5.74) is 0.605. The maximum atomic E-state index is 12.5. The first-order valence-corrected chi connectivity index (χ1v) is 7.36. The summed E-state index contributed by atoms with van der Waals surface area (Å²) < 4.78 is 26.4. The molecular formula is C14H15NO3S. The van der Waals surface area contributed by atoms with E-state index in [1.807, 2.05) is 6.07 Å². The van der Waals surface area contributed by atoms with Crippen LogP contribution in [0.25, 0.3) is 0 Å². The van der Waals surface area contributed by atoms with E-state index in [-0.39, 0.29) is 10.6 Å². The molecule has 19 heavy (non-hydrogen) atoms. The van der Waals surface area contributed by atoms with E-state index in [9.17, 15) is 13.5 Å². The van der Waals surface area contributed by atoms with Gasteiger partial charge in [0, 0.05) is 12.6 Å². The van der Waals surface area contributed by atoms with E-state index in [2.05, 4.69) is 0 Å². The Morgan fingerprint density at radius 3 is 2.32 bits per heavy atom. The number of nitrogens with zero attached hydrogens (tertiary/aromatic N) is 1. The maximum absolute atomic E-state index is 12.5. The van der Waals surface area contributed by atoms with Crippen LogP contribution in [0.3, 0.4) is 0 Å². The van der Waals surface area contributed by atoms with E-state index in [0.29, 0.717) is 12.2 Å². The van der Waals surface area contributed by atoms with Crippen LogP contribution >= 0.6 is 0 Å². The molecule has 0 aliphatic rings. The van der Waals surface area contributed by atoms with Crippen molar-refractivity contribution in [2.24, 2.45) is 0 Å². The number of hydrogen-bond acceptors (Lipinski definition) is 3. The zero-order valence-electron chi connectivity index (χ0n) is 10.5. The van der Waals surface area contributed by atoms with Gasteiger partial charge in [0.2, 0.25) is 0 Å². The summed E-state index contributed by atoms with van der Waals surface area (Å²) in [4.78, 5) is 0.0817. The SMILES string of the molecule is CCN(c1ccccc1)S(=O)(=O)c1cccc(O)c1. The zero-order chi connectivity index (χ0) is 13.9. The van der Waals surface area contributed by atoms with Crippen LogP contribution in [0.1, 0.15) is 6.92 Å². The molecule has 0 aliphatic heterocycles. The fraction of sp³-hybridized carbons (Fsp3) is 0.143. The van der Waals surface area contributed by atoms with Crippen LogP contribution in [-0.4, -0.2) is 20.1 Å². The third-order valence-corrected chi connectivity index (χ3v) is 4.64. The molecule has 0 unspecified atom stereocenters. The summed E-state index contributed by atoms with van der Waals surface area (Å²) in [5, 5.41) is 9.42. The minimum Gasteiger partial charge on any atom is -0.508 e. The van der Waals surface area contributed by atoms with E-state index >= 15 is 0 Å². The van der Waals surface area contributed by atoms with Gasteiger partial charge in [-0.15, -0.1) is 0 Å². The van der Waals surface area contributed by atoms with Crippen molar-refractivity contribution >= 4 is 15.7 Å². The van der Waals surface area contributed by atoms with Crippen molar-refractivity contribution in [3.8, 4) is 5.75 Å². The smallest absolute Gasteiger partial charge is 0.264 e. The van der Waals surface area contributed by atoms with Crippen LogP contribution in [0, 0.1) is 0 Å². The molecule has 100 valence electrons. The van der Waals surface area contributed by atoms with Gasteiger partial charge >= 0.3 is 0 Å². The van der Waals surface area contributed by atoms with Gasteiger partial charge in [-0.05, 0) is 31.2 Å². The van der Waals surface area contributed by atoms with E-state index in [1.54, 1.807) is 31.2 Å². The fourth-order valence-corrected chi connectivity index (χ4v) is 3.37. The van der Waals surface area contributed by atoms with Gasteiger partial charge in [0.25, 0.3) is 10.0 Å². The number of sulfonamides is 1. The van der Waals surface area contributed by atoms with Crippen LogP contribution in [0.4, 0.5) is 5.69 Å². The van der Waals surface area contributed by atoms with Gasteiger partial charge in [-0.1, -0.05) is 24.3 Å². The van der Waals surface area contributed by atoms with Crippen LogP contribution in [0.2, 0.25) is 0 Å². The maximum Gasteiger partial charge on any atom is 0.264 e. The largest absolute Gasteiger partial charge is 0.508 e. The van der Waals surface area contributed by atoms with E-state index < -0.39 is 10.0 Å². The second-order valence-electron chi connectivity index (χ2n) is 4.00. The molecule has 5 heteroatoms. The Hall–Kier alpha value is -2.01. The summed E-state index contributed by atoms with van der Waals surface area (Å²) in [6.45, 7) is 2.09. The average molecular weight is 277 g/mol. The molecule has 0 heterocycles. The van der Waals surface area contributed by atoms with Crippen molar-refractivity contribution in [3.63, 3.8) is 0 Å². The van der Waals surface area contributed by atoms with Gasteiger partial charge in [0.1, 0.15) is 5.75 Å². The Kier molecular flexibility index (Phi) is 3.76. The Labute approximate surface area is 113 Å². The molecule has 4 nitrogen and oxygen atoms in total. The molecule has 2 aromatic carbocycles. The molecule has 1 N–H and O–H groups in total. The summed E-state index contributed by atoms with van der Waals surface area (Å²) in [5.74, 6) is -0.0646. The minimum absolute atomic E-state index is 0.0646. The third kappa shape index (κ3) is 2.71. The number of para-hydroxylation sites is 1. The van der Waals surface area contributed by atoms with Crippen LogP contribution < -0.4 is 4.31 Å². The zero-order valence-corrected chi connectivity index (χ0v) is 11.3.